The van der Waals surface area contributed by atoms with Gasteiger partial charge in [0, 0.05) is 33.8 Å². The van der Waals surface area contributed by atoms with Crippen molar-refractivity contribution in [3.63, 3.8) is 0 Å². The minimum Gasteiger partial charge on any atom is -0.342 e. The Hall–Kier alpha value is -1.38. The lowest BCUT2D eigenvalue weighted by atomic mass is 9.96. The Morgan fingerprint density at radius 3 is 2.62 bits per heavy atom. The maximum atomic E-state index is 12.4. The van der Waals surface area contributed by atoms with Gasteiger partial charge in [-0.05, 0) is 44.0 Å². The fraction of sp³-hybridized carbons (Fsp3) is 0.389. The van der Waals surface area contributed by atoms with E-state index in [4.69, 9.17) is 0 Å². The second kappa shape index (κ2) is 9.01. The van der Waals surface area contributed by atoms with Gasteiger partial charge in [0.25, 0.3) is 0 Å². The molecule has 1 aromatic carbocycles. The number of piperidine rings is 1. The predicted octanol–water partition coefficient (Wildman–Crippen LogP) is 4.18. The molecule has 0 saturated carbocycles. The largest absolute Gasteiger partial charge is 0.342 e. The molecule has 2 heterocycles. The van der Waals surface area contributed by atoms with Crippen LogP contribution in [-0.4, -0.2) is 40.5 Å². The topological polar surface area (TPSA) is 62.3 Å². The normalized spacial score (nSPS) is 15.1. The summed E-state index contributed by atoms with van der Waals surface area (Å²) in [7, 11) is 0. The number of carbonyl (C=O) groups excluding carboxylic acids is 2. The van der Waals surface area contributed by atoms with Crippen LogP contribution in [0.4, 0.5) is 5.13 Å². The molecule has 1 aliphatic heterocycles. The Bertz CT molecular complexity index is 771. The molecule has 2 aromatic rings. The van der Waals surface area contributed by atoms with Crippen LogP contribution in [0.25, 0.3) is 0 Å². The van der Waals surface area contributed by atoms with Gasteiger partial charge in [-0.1, -0.05) is 15.9 Å². The number of hydrogen-bond acceptors (Lipinski definition) is 5. The Balaban J connectivity index is 1.43. The molecule has 1 fully saturated rings. The van der Waals surface area contributed by atoms with Crippen LogP contribution in [0.5, 0.6) is 0 Å². The van der Waals surface area contributed by atoms with Crippen LogP contribution in [0.2, 0.25) is 0 Å². The van der Waals surface area contributed by atoms with E-state index in [2.05, 4.69) is 26.2 Å². The molecule has 1 aromatic heterocycles. The zero-order valence-corrected chi connectivity index (χ0v) is 17.6. The number of carbonyl (C=O) groups is 2. The second-order valence-electron chi connectivity index (χ2n) is 6.18. The molecule has 1 N–H and O–H groups in total. The third-order valence-electron chi connectivity index (χ3n) is 4.24. The number of aryl methyl sites for hydroxylation is 1. The number of aromatic nitrogens is 1. The van der Waals surface area contributed by atoms with Crippen LogP contribution >= 0.6 is 39.0 Å². The molecule has 138 valence electrons. The summed E-state index contributed by atoms with van der Waals surface area (Å²) in [5, 5.41) is 5.45. The molecule has 5 nitrogen and oxygen atoms in total. The zero-order chi connectivity index (χ0) is 18.5. The summed E-state index contributed by atoms with van der Waals surface area (Å²) in [6, 6.07) is 7.94. The highest BCUT2D eigenvalue weighted by molar-refractivity contribution is 9.10. The van der Waals surface area contributed by atoms with Gasteiger partial charge in [-0.3, -0.25) is 9.59 Å². The molecule has 0 radical (unpaired) electrons. The number of hydrogen-bond donors (Lipinski definition) is 1. The molecule has 0 aliphatic carbocycles. The van der Waals surface area contributed by atoms with Crippen molar-refractivity contribution in [1.29, 1.82) is 0 Å². The molecule has 0 unspecified atom stereocenters. The summed E-state index contributed by atoms with van der Waals surface area (Å²) in [6.07, 6.45) is 1.40. The van der Waals surface area contributed by atoms with E-state index >= 15 is 0 Å². The summed E-state index contributed by atoms with van der Waals surface area (Å²) in [4.78, 5) is 31.9. The van der Waals surface area contributed by atoms with Crippen LogP contribution in [0.15, 0.2) is 39.0 Å². The lowest BCUT2D eigenvalue weighted by Gasteiger charge is -2.31. The van der Waals surface area contributed by atoms with Gasteiger partial charge in [-0.25, -0.2) is 4.98 Å². The number of thiazole rings is 1. The maximum Gasteiger partial charge on any atom is 0.232 e. The van der Waals surface area contributed by atoms with Crippen molar-refractivity contribution in [2.45, 2.75) is 24.7 Å². The number of halogens is 1. The van der Waals surface area contributed by atoms with E-state index in [1.807, 2.05) is 41.5 Å². The number of thioether (sulfide) groups is 1. The third kappa shape index (κ3) is 5.31. The molecule has 3 rings (SSSR count). The van der Waals surface area contributed by atoms with Crippen molar-refractivity contribution in [3.05, 3.63) is 39.8 Å². The predicted molar refractivity (Wildman–Crippen MR) is 110 cm³/mol. The highest BCUT2D eigenvalue weighted by atomic mass is 79.9. The van der Waals surface area contributed by atoms with E-state index in [9.17, 15) is 9.59 Å². The summed E-state index contributed by atoms with van der Waals surface area (Å²) in [5.74, 6) is 0.516. The van der Waals surface area contributed by atoms with E-state index in [0.717, 1.165) is 15.1 Å². The van der Waals surface area contributed by atoms with Gasteiger partial charge in [-0.15, -0.1) is 23.1 Å². The number of nitrogens with zero attached hydrogens (tertiary/aromatic N) is 2. The van der Waals surface area contributed by atoms with Gasteiger partial charge in [0.2, 0.25) is 11.8 Å². The van der Waals surface area contributed by atoms with E-state index in [1.165, 1.54) is 11.3 Å². The van der Waals surface area contributed by atoms with Crippen molar-refractivity contribution >= 4 is 56.0 Å². The first-order valence-corrected chi connectivity index (χ1v) is 11.1. The molecule has 26 heavy (non-hydrogen) atoms. The first kappa shape index (κ1) is 19.4. The highest BCUT2D eigenvalue weighted by Crippen LogP contribution is 2.24. The summed E-state index contributed by atoms with van der Waals surface area (Å²) in [5.41, 5.74) is 0.911. The number of amides is 2. The SMILES string of the molecule is Cc1csc(NC(=O)C2CCN(C(=O)CSc3ccc(Br)cc3)CC2)n1. The molecule has 1 aliphatic rings. The lowest BCUT2D eigenvalue weighted by Crippen LogP contribution is -2.42. The Kier molecular flexibility index (Phi) is 6.72. The monoisotopic (exact) mass is 453 g/mol. The number of anilines is 1. The van der Waals surface area contributed by atoms with E-state index in [-0.39, 0.29) is 17.7 Å². The summed E-state index contributed by atoms with van der Waals surface area (Å²) >= 11 is 6.39. The average Bonchev–Trinajstić information content (AvgIpc) is 3.06. The number of benzene rings is 1. The van der Waals surface area contributed by atoms with E-state index in [1.54, 1.807) is 11.8 Å². The standard InChI is InChI=1S/C18H20BrN3O2S2/c1-12-10-26-18(20-12)21-17(24)13-6-8-22(9-7-13)16(23)11-25-15-4-2-14(19)3-5-15/h2-5,10,13H,6-9,11H2,1H3,(H,20,21,24). The quantitative estimate of drug-likeness (QED) is 0.689. The van der Waals surface area contributed by atoms with E-state index < -0.39 is 0 Å². The van der Waals surface area contributed by atoms with Crippen molar-refractivity contribution in [2.75, 3.05) is 24.2 Å². The van der Waals surface area contributed by atoms with Crippen molar-refractivity contribution in [2.24, 2.45) is 5.92 Å². The Morgan fingerprint density at radius 2 is 2.00 bits per heavy atom. The molecule has 2 amide bonds. The highest BCUT2D eigenvalue weighted by Gasteiger charge is 2.27. The van der Waals surface area contributed by atoms with Crippen molar-refractivity contribution in [3.8, 4) is 0 Å². The van der Waals surface area contributed by atoms with E-state index in [0.29, 0.717) is 36.8 Å². The van der Waals surface area contributed by atoms with Gasteiger partial charge in [-0.2, -0.15) is 0 Å². The molecular formula is C18H20BrN3O2S2. The van der Waals surface area contributed by atoms with Gasteiger partial charge in [0.05, 0.1) is 11.4 Å². The van der Waals surface area contributed by atoms with Crippen molar-refractivity contribution in [1.82, 2.24) is 9.88 Å². The molecule has 0 bridgehead atoms. The van der Waals surface area contributed by atoms with Crippen LogP contribution in [0, 0.1) is 12.8 Å². The first-order chi connectivity index (χ1) is 12.5. The smallest absolute Gasteiger partial charge is 0.232 e. The average molecular weight is 454 g/mol. The number of rotatable bonds is 5. The minimum absolute atomic E-state index is 0.00989. The Morgan fingerprint density at radius 1 is 1.31 bits per heavy atom. The van der Waals surface area contributed by atoms with Crippen LogP contribution < -0.4 is 5.32 Å². The first-order valence-electron chi connectivity index (χ1n) is 8.40. The number of likely N-dealkylation sites (tertiary alicyclic amines) is 1. The molecular weight excluding hydrogens is 434 g/mol. The van der Waals surface area contributed by atoms with Gasteiger partial charge in [0.1, 0.15) is 0 Å². The molecule has 1 saturated heterocycles. The van der Waals surface area contributed by atoms with Crippen LogP contribution in [0.3, 0.4) is 0 Å². The fourth-order valence-corrected chi connectivity index (χ4v) is 4.53. The van der Waals surface area contributed by atoms with Crippen LogP contribution in [-0.2, 0) is 9.59 Å². The molecule has 0 atom stereocenters. The summed E-state index contributed by atoms with van der Waals surface area (Å²) in [6.45, 7) is 3.17. The van der Waals surface area contributed by atoms with Gasteiger partial charge in [0.15, 0.2) is 5.13 Å². The molecule has 0 spiro atoms. The van der Waals surface area contributed by atoms with Crippen LogP contribution in [0.1, 0.15) is 18.5 Å². The minimum atomic E-state index is -0.0533. The lowest BCUT2D eigenvalue weighted by molar-refractivity contribution is -0.132. The third-order valence-corrected chi connectivity index (χ3v) is 6.64. The molecule has 8 heteroatoms. The fourth-order valence-electron chi connectivity index (χ4n) is 2.78. The second-order valence-corrected chi connectivity index (χ2v) is 9.00. The Labute approximate surface area is 169 Å². The van der Waals surface area contributed by atoms with Gasteiger partial charge < -0.3 is 10.2 Å². The zero-order valence-electron chi connectivity index (χ0n) is 14.4. The maximum absolute atomic E-state index is 12.4. The van der Waals surface area contributed by atoms with Gasteiger partial charge >= 0.3 is 0 Å². The van der Waals surface area contributed by atoms with Crippen molar-refractivity contribution < 1.29 is 9.59 Å². The number of nitrogens with one attached hydrogen (secondary N) is 1. The summed E-state index contributed by atoms with van der Waals surface area (Å²) < 4.78 is 1.03.